The van der Waals surface area contributed by atoms with Crippen molar-refractivity contribution < 1.29 is 18.8 Å². The molecule has 0 radical (unpaired) electrons. The Hall–Kier alpha value is -2.34. The maximum Gasteiger partial charge on any atom is 0.223 e. The number of likely N-dealkylation sites (tertiary alicyclic amines) is 1. The summed E-state index contributed by atoms with van der Waals surface area (Å²) in [5.41, 5.74) is 1.31. The zero-order chi connectivity index (χ0) is 19.7. The van der Waals surface area contributed by atoms with Gasteiger partial charge in [0.05, 0.1) is 0 Å². The van der Waals surface area contributed by atoms with Crippen LogP contribution in [0.3, 0.4) is 0 Å². The SMILES string of the molecule is O=C(c1ccc(F)cc1)C1CCN(C(=O)CC2CCc3sccc3C2=O)CC1. The lowest BCUT2D eigenvalue weighted by molar-refractivity contribution is -0.133. The fraction of sp³-hybridized carbons (Fsp3) is 0.409. The van der Waals surface area contributed by atoms with Gasteiger partial charge in [0.15, 0.2) is 11.6 Å². The Kier molecular flexibility index (Phi) is 5.40. The van der Waals surface area contributed by atoms with Gasteiger partial charge in [0.2, 0.25) is 5.91 Å². The zero-order valence-corrected chi connectivity index (χ0v) is 16.3. The smallest absolute Gasteiger partial charge is 0.223 e. The number of benzene rings is 1. The molecule has 1 saturated heterocycles. The van der Waals surface area contributed by atoms with Gasteiger partial charge in [-0.05, 0) is 61.4 Å². The number of thiophene rings is 1. The minimum absolute atomic E-state index is 0.00436. The average Bonchev–Trinajstić information content (AvgIpc) is 3.20. The van der Waals surface area contributed by atoms with Crippen molar-refractivity contribution in [1.82, 2.24) is 4.90 Å². The van der Waals surface area contributed by atoms with Crippen molar-refractivity contribution in [2.45, 2.75) is 32.1 Å². The molecule has 28 heavy (non-hydrogen) atoms. The van der Waals surface area contributed by atoms with E-state index in [9.17, 15) is 18.8 Å². The molecule has 0 N–H and O–H groups in total. The average molecular weight is 399 g/mol. The number of nitrogens with zero attached hydrogens (tertiary/aromatic N) is 1. The summed E-state index contributed by atoms with van der Waals surface area (Å²) in [7, 11) is 0. The van der Waals surface area contributed by atoms with E-state index < -0.39 is 0 Å². The minimum atomic E-state index is -0.358. The molecule has 1 atom stereocenters. The van der Waals surface area contributed by atoms with E-state index in [1.165, 1.54) is 24.3 Å². The van der Waals surface area contributed by atoms with Crippen molar-refractivity contribution in [3.05, 3.63) is 57.5 Å². The monoisotopic (exact) mass is 399 g/mol. The maximum atomic E-state index is 13.0. The number of ketones is 2. The third-order valence-corrected chi connectivity index (χ3v) is 6.85. The molecule has 2 heterocycles. The Morgan fingerprint density at radius 1 is 1.07 bits per heavy atom. The van der Waals surface area contributed by atoms with Crippen LogP contribution in [0.25, 0.3) is 0 Å². The summed E-state index contributed by atoms with van der Waals surface area (Å²) in [5, 5.41) is 1.94. The lowest BCUT2D eigenvalue weighted by Crippen LogP contribution is -2.41. The van der Waals surface area contributed by atoms with Crippen molar-refractivity contribution >= 4 is 28.8 Å². The van der Waals surface area contributed by atoms with Gasteiger partial charge in [-0.15, -0.1) is 11.3 Å². The highest BCUT2D eigenvalue weighted by atomic mass is 32.1. The first-order chi connectivity index (χ1) is 13.5. The van der Waals surface area contributed by atoms with Crippen molar-refractivity contribution in [3.63, 3.8) is 0 Å². The quantitative estimate of drug-likeness (QED) is 0.726. The van der Waals surface area contributed by atoms with Gasteiger partial charge in [-0.25, -0.2) is 4.39 Å². The van der Waals surface area contributed by atoms with E-state index >= 15 is 0 Å². The number of carbonyl (C=O) groups excluding carboxylic acids is 3. The third-order valence-electron chi connectivity index (χ3n) is 5.87. The van der Waals surface area contributed by atoms with Gasteiger partial charge in [-0.2, -0.15) is 0 Å². The van der Waals surface area contributed by atoms with Crippen LogP contribution < -0.4 is 0 Å². The molecule has 0 saturated carbocycles. The van der Waals surface area contributed by atoms with Crippen LogP contribution in [0.2, 0.25) is 0 Å². The lowest BCUT2D eigenvalue weighted by atomic mass is 9.84. The molecular formula is C22H22FNO3S. The number of Topliss-reactive ketones (excluding diaryl/α,β-unsaturated/α-hetero) is 2. The van der Waals surface area contributed by atoms with E-state index in [-0.39, 0.29) is 41.5 Å². The van der Waals surface area contributed by atoms with Gasteiger partial charge in [0.25, 0.3) is 0 Å². The highest BCUT2D eigenvalue weighted by Gasteiger charge is 2.33. The molecule has 1 fully saturated rings. The molecule has 4 nitrogen and oxygen atoms in total. The first kappa shape index (κ1) is 19.0. The molecular weight excluding hydrogens is 377 g/mol. The van der Waals surface area contributed by atoms with Crippen LogP contribution >= 0.6 is 11.3 Å². The van der Waals surface area contributed by atoms with Crippen molar-refractivity contribution in [2.24, 2.45) is 11.8 Å². The van der Waals surface area contributed by atoms with Crippen LogP contribution in [0.4, 0.5) is 4.39 Å². The van der Waals surface area contributed by atoms with Gasteiger partial charge in [0, 0.05) is 47.4 Å². The van der Waals surface area contributed by atoms with Gasteiger partial charge in [0.1, 0.15) is 5.82 Å². The Balaban J connectivity index is 1.31. The zero-order valence-electron chi connectivity index (χ0n) is 15.5. The van der Waals surface area contributed by atoms with E-state index in [0.717, 1.165) is 23.3 Å². The normalized spacial score (nSPS) is 20.1. The molecule has 0 bridgehead atoms. The molecule has 1 unspecified atom stereocenters. The molecule has 2 aromatic rings. The van der Waals surface area contributed by atoms with Crippen molar-refractivity contribution in [1.29, 1.82) is 0 Å². The Morgan fingerprint density at radius 3 is 2.50 bits per heavy atom. The number of rotatable bonds is 4. The number of carbonyl (C=O) groups is 3. The number of amides is 1. The maximum absolute atomic E-state index is 13.0. The fourth-order valence-corrected chi connectivity index (χ4v) is 5.09. The standard InChI is InChI=1S/C22H22FNO3S/c23-17-4-1-14(2-5-17)21(26)15-7-10-24(11-8-15)20(25)13-16-3-6-19-18(22(16)27)9-12-28-19/h1-2,4-5,9,12,15-16H,3,6-8,10-11,13H2. The number of fused-ring (bicyclic) bond motifs is 1. The van der Waals surface area contributed by atoms with Crippen LogP contribution in [-0.4, -0.2) is 35.5 Å². The molecule has 1 aromatic carbocycles. The summed E-state index contributed by atoms with van der Waals surface area (Å²) in [6.07, 6.45) is 3.07. The third kappa shape index (κ3) is 3.78. The van der Waals surface area contributed by atoms with E-state index in [4.69, 9.17) is 0 Å². The summed E-state index contributed by atoms with van der Waals surface area (Å²) in [6.45, 7) is 1.06. The first-order valence-electron chi connectivity index (χ1n) is 9.71. The number of halogens is 1. The largest absolute Gasteiger partial charge is 0.343 e. The summed E-state index contributed by atoms with van der Waals surface area (Å²) in [5.74, 6) is -0.613. The minimum Gasteiger partial charge on any atom is -0.343 e. The summed E-state index contributed by atoms with van der Waals surface area (Å²) >= 11 is 1.61. The summed E-state index contributed by atoms with van der Waals surface area (Å²) in [6, 6.07) is 7.49. The second-order valence-corrected chi connectivity index (χ2v) is 8.59. The molecule has 4 rings (SSSR count). The predicted molar refractivity (Wildman–Crippen MR) is 105 cm³/mol. The van der Waals surface area contributed by atoms with Crippen LogP contribution in [0.5, 0.6) is 0 Å². The number of hydrogen-bond donors (Lipinski definition) is 0. The van der Waals surface area contributed by atoms with E-state index in [2.05, 4.69) is 0 Å². The van der Waals surface area contributed by atoms with Crippen LogP contribution in [-0.2, 0) is 11.2 Å². The molecule has 0 spiro atoms. The topological polar surface area (TPSA) is 54.5 Å². The highest BCUT2D eigenvalue weighted by Crippen LogP contribution is 2.32. The van der Waals surface area contributed by atoms with Crippen LogP contribution in [0.15, 0.2) is 35.7 Å². The van der Waals surface area contributed by atoms with Crippen molar-refractivity contribution in [2.75, 3.05) is 13.1 Å². The Morgan fingerprint density at radius 2 is 1.79 bits per heavy atom. The van der Waals surface area contributed by atoms with Crippen molar-refractivity contribution in [3.8, 4) is 0 Å². The second-order valence-electron chi connectivity index (χ2n) is 7.59. The van der Waals surface area contributed by atoms with Crippen LogP contribution in [0, 0.1) is 17.7 Å². The molecule has 1 aliphatic heterocycles. The number of hydrogen-bond acceptors (Lipinski definition) is 4. The molecule has 1 amide bonds. The molecule has 6 heteroatoms. The van der Waals surface area contributed by atoms with E-state index in [0.29, 0.717) is 31.5 Å². The molecule has 1 aromatic heterocycles. The molecule has 2 aliphatic rings. The second kappa shape index (κ2) is 7.95. The van der Waals surface area contributed by atoms with Gasteiger partial charge in [-0.3, -0.25) is 14.4 Å². The summed E-state index contributed by atoms with van der Waals surface area (Å²) in [4.78, 5) is 40.8. The van der Waals surface area contributed by atoms with Gasteiger partial charge < -0.3 is 4.90 Å². The molecule has 146 valence electrons. The Labute approximate surface area is 167 Å². The lowest BCUT2D eigenvalue weighted by Gasteiger charge is -2.32. The van der Waals surface area contributed by atoms with Crippen LogP contribution in [0.1, 0.15) is 51.3 Å². The predicted octanol–water partition coefficient (Wildman–Crippen LogP) is 4.14. The van der Waals surface area contributed by atoms with Gasteiger partial charge in [-0.1, -0.05) is 0 Å². The van der Waals surface area contributed by atoms with Gasteiger partial charge >= 0.3 is 0 Å². The summed E-state index contributed by atoms with van der Waals surface area (Å²) < 4.78 is 13.0. The first-order valence-corrected chi connectivity index (χ1v) is 10.6. The van der Waals surface area contributed by atoms with E-state index in [1.807, 2.05) is 11.4 Å². The molecule has 1 aliphatic carbocycles. The Bertz CT molecular complexity index is 897. The number of aryl methyl sites for hydroxylation is 1. The van der Waals surface area contributed by atoms with E-state index in [1.54, 1.807) is 16.2 Å². The highest BCUT2D eigenvalue weighted by molar-refractivity contribution is 7.10. The fourth-order valence-electron chi connectivity index (χ4n) is 4.19. The number of piperidine rings is 1.